The zero-order chi connectivity index (χ0) is 13.5. The molecule has 1 aliphatic heterocycles. The van der Waals surface area contributed by atoms with E-state index in [1.807, 2.05) is 0 Å². The maximum atomic E-state index is 10.6. The molecule has 1 saturated heterocycles. The molecule has 100 valence electrons. The average molecular weight is 256 g/mol. The fourth-order valence-corrected chi connectivity index (χ4v) is 1.26. The number of piperidine rings is 1. The smallest absolute Gasteiger partial charge is 0.475 e. The summed E-state index contributed by atoms with van der Waals surface area (Å²) in [6.45, 7) is 3.59. The Bertz CT molecular complexity index is 263. The molecule has 3 N–H and O–H groups in total. The van der Waals surface area contributed by atoms with Crippen molar-refractivity contribution in [2.24, 2.45) is 0 Å². The summed E-state index contributed by atoms with van der Waals surface area (Å²) in [7, 11) is 0. The molecule has 1 amide bonds. The molecule has 1 heterocycles. The number of amides is 1. The zero-order valence-electron chi connectivity index (χ0n) is 9.30. The van der Waals surface area contributed by atoms with Crippen LogP contribution in [-0.2, 0) is 9.59 Å². The topological polar surface area (TPSA) is 78.4 Å². The predicted octanol–water partition coefficient (Wildman–Crippen LogP) is 0.508. The first kappa shape index (κ1) is 15.7. The van der Waals surface area contributed by atoms with Crippen LogP contribution in [0.5, 0.6) is 0 Å². The van der Waals surface area contributed by atoms with Crippen molar-refractivity contribution in [3.8, 4) is 0 Å². The van der Waals surface area contributed by atoms with Crippen molar-refractivity contribution in [3.63, 3.8) is 0 Å². The van der Waals surface area contributed by atoms with Crippen LogP contribution in [0, 0.1) is 0 Å². The first-order valence-corrected chi connectivity index (χ1v) is 5.01. The van der Waals surface area contributed by atoms with Gasteiger partial charge in [-0.2, -0.15) is 13.2 Å². The molecule has 0 saturated carbocycles. The summed E-state index contributed by atoms with van der Waals surface area (Å²) in [5.41, 5.74) is 0. The Morgan fingerprint density at radius 1 is 1.41 bits per heavy atom. The third-order valence-corrected chi connectivity index (χ3v) is 1.95. The van der Waals surface area contributed by atoms with Gasteiger partial charge in [0.05, 0.1) is 0 Å². The van der Waals surface area contributed by atoms with E-state index in [4.69, 9.17) is 9.90 Å². The van der Waals surface area contributed by atoms with Crippen LogP contribution in [0.3, 0.4) is 0 Å². The first-order chi connectivity index (χ1) is 7.73. The highest BCUT2D eigenvalue weighted by Gasteiger charge is 2.38. The highest BCUT2D eigenvalue weighted by atomic mass is 19.4. The predicted molar refractivity (Wildman–Crippen MR) is 53.4 cm³/mol. The maximum absolute atomic E-state index is 10.6. The quantitative estimate of drug-likeness (QED) is 0.638. The van der Waals surface area contributed by atoms with Gasteiger partial charge in [-0.15, -0.1) is 0 Å². The highest BCUT2D eigenvalue weighted by Crippen LogP contribution is 2.13. The molecule has 1 atom stereocenters. The van der Waals surface area contributed by atoms with Gasteiger partial charge >= 0.3 is 12.1 Å². The molecule has 8 heteroatoms. The molecule has 0 aliphatic carbocycles. The number of nitrogens with one attached hydrogen (secondary N) is 2. The van der Waals surface area contributed by atoms with Gasteiger partial charge in [-0.25, -0.2) is 4.79 Å². The van der Waals surface area contributed by atoms with Gasteiger partial charge in [0.15, 0.2) is 0 Å². The standard InChI is InChI=1S/C7H14N2O.C2HF3O2/c1-6(10)9-7-3-2-4-8-5-7;3-2(4,5)1(6)7/h7-8H,2-5H2,1H3,(H,9,10);(H,6,7)/t7-;/m1./s1. The van der Waals surface area contributed by atoms with Crippen molar-refractivity contribution in [2.75, 3.05) is 13.1 Å². The summed E-state index contributed by atoms with van der Waals surface area (Å²) in [5, 5.41) is 13.2. The lowest BCUT2D eigenvalue weighted by Gasteiger charge is -2.22. The van der Waals surface area contributed by atoms with E-state index < -0.39 is 12.1 Å². The van der Waals surface area contributed by atoms with E-state index in [-0.39, 0.29) is 5.91 Å². The summed E-state index contributed by atoms with van der Waals surface area (Å²) in [6.07, 6.45) is -2.79. The maximum Gasteiger partial charge on any atom is 0.490 e. The minimum atomic E-state index is -5.08. The van der Waals surface area contributed by atoms with Gasteiger partial charge in [0, 0.05) is 19.5 Å². The van der Waals surface area contributed by atoms with Gasteiger partial charge < -0.3 is 15.7 Å². The number of carboxylic acid groups (broad SMARTS) is 1. The van der Waals surface area contributed by atoms with Crippen molar-refractivity contribution in [1.29, 1.82) is 0 Å². The second kappa shape index (κ2) is 7.10. The molecule has 0 spiro atoms. The first-order valence-electron chi connectivity index (χ1n) is 5.01. The number of halogens is 3. The second-order valence-corrected chi connectivity index (χ2v) is 3.55. The number of aliphatic carboxylic acids is 1. The van der Waals surface area contributed by atoms with E-state index >= 15 is 0 Å². The molecule has 0 aromatic carbocycles. The van der Waals surface area contributed by atoms with Crippen LogP contribution >= 0.6 is 0 Å². The van der Waals surface area contributed by atoms with Crippen LogP contribution in [0.4, 0.5) is 13.2 Å². The van der Waals surface area contributed by atoms with Crippen LogP contribution in [-0.4, -0.2) is 42.3 Å². The van der Waals surface area contributed by atoms with Gasteiger partial charge in [-0.05, 0) is 19.4 Å². The number of hydrogen-bond donors (Lipinski definition) is 3. The molecule has 1 aliphatic rings. The summed E-state index contributed by atoms with van der Waals surface area (Å²) in [5.74, 6) is -2.68. The van der Waals surface area contributed by atoms with Gasteiger partial charge in [0.2, 0.25) is 5.91 Å². The molecule has 0 aromatic heterocycles. The van der Waals surface area contributed by atoms with E-state index in [1.165, 1.54) is 6.42 Å². The number of carbonyl (C=O) groups is 2. The normalized spacial score (nSPS) is 19.9. The monoisotopic (exact) mass is 256 g/mol. The largest absolute Gasteiger partial charge is 0.490 e. The van der Waals surface area contributed by atoms with Gasteiger partial charge in [-0.1, -0.05) is 0 Å². The molecule has 5 nitrogen and oxygen atoms in total. The van der Waals surface area contributed by atoms with Gasteiger partial charge in [-0.3, -0.25) is 4.79 Å². The molecular weight excluding hydrogens is 241 g/mol. The lowest BCUT2D eigenvalue weighted by Crippen LogP contribution is -2.44. The van der Waals surface area contributed by atoms with E-state index in [2.05, 4.69) is 10.6 Å². The van der Waals surface area contributed by atoms with E-state index in [0.29, 0.717) is 6.04 Å². The summed E-state index contributed by atoms with van der Waals surface area (Å²) in [4.78, 5) is 19.5. The minimum Gasteiger partial charge on any atom is -0.475 e. The number of rotatable bonds is 1. The average Bonchev–Trinajstić information content (AvgIpc) is 2.17. The lowest BCUT2D eigenvalue weighted by molar-refractivity contribution is -0.192. The van der Waals surface area contributed by atoms with Gasteiger partial charge in [0.25, 0.3) is 0 Å². The molecule has 1 fully saturated rings. The third kappa shape index (κ3) is 8.49. The molecular formula is C9H15F3N2O3. The Morgan fingerprint density at radius 3 is 2.24 bits per heavy atom. The zero-order valence-corrected chi connectivity index (χ0v) is 9.30. The van der Waals surface area contributed by atoms with E-state index in [0.717, 1.165) is 19.5 Å². The van der Waals surface area contributed by atoms with Crippen molar-refractivity contribution in [1.82, 2.24) is 10.6 Å². The van der Waals surface area contributed by atoms with Crippen LogP contribution in [0.2, 0.25) is 0 Å². The number of alkyl halides is 3. The summed E-state index contributed by atoms with van der Waals surface area (Å²) in [6, 6.07) is 0.367. The SMILES string of the molecule is CC(=O)N[C@@H]1CCCNC1.O=C(O)C(F)(F)F. The number of carboxylic acids is 1. The molecule has 0 radical (unpaired) electrons. The Hall–Kier alpha value is -1.31. The van der Waals surface area contributed by atoms with Crippen molar-refractivity contribution in [3.05, 3.63) is 0 Å². The number of carbonyl (C=O) groups excluding carboxylic acids is 1. The molecule has 0 unspecified atom stereocenters. The van der Waals surface area contributed by atoms with Gasteiger partial charge in [0.1, 0.15) is 0 Å². The minimum absolute atomic E-state index is 0.0775. The lowest BCUT2D eigenvalue weighted by atomic mass is 10.1. The Kier molecular flexibility index (Phi) is 6.55. The molecule has 1 rings (SSSR count). The van der Waals surface area contributed by atoms with Crippen LogP contribution in [0.1, 0.15) is 19.8 Å². The van der Waals surface area contributed by atoms with E-state index in [9.17, 15) is 18.0 Å². The van der Waals surface area contributed by atoms with Crippen LogP contribution < -0.4 is 10.6 Å². The molecule has 0 aromatic rings. The Morgan fingerprint density at radius 2 is 1.94 bits per heavy atom. The number of hydrogen-bond acceptors (Lipinski definition) is 3. The van der Waals surface area contributed by atoms with E-state index in [1.54, 1.807) is 6.92 Å². The summed E-state index contributed by atoms with van der Waals surface area (Å²) >= 11 is 0. The van der Waals surface area contributed by atoms with Crippen LogP contribution in [0.15, 0.2) is 0 Å². The Labute approximate surface area is 96.4 Å². The van der Waals surface area contributed by atoms with Crippen molar-refractivity contribution in [2.45, 2.75) is 32.0 Å². The molecule has 0 bridgehead atoms. The second-order valence-electron chi connectivity index (χ2n) is 3.55. The Balaban J connectivity index is 0.000000325. The third-order valence-electron chi connectivity index (χ3n) is 1.95. The van der Waals surface area contributed by atoms with Crippen molar-refractivity contribution >= 4 is 11.9 Å². The van der Waals surface area contributed by atoms with Crippen LogP contribution in [0.25, 0.3) is 0 Å². The van der Waals surface area contributed by atoms with Crippen molar-refractivity contribution < 1.29 is 27.9 Å². The summed E-state index contributed by atoms with van der Waals surface area (Å²) < 4.78 is 31.7. The fourth-order valence-electron chi connectivity index (χ4n) is 1.26. The fraction of sp³-hybridized carbons (Fsp3) is 0.778. The molecule has 17 heavy (non-hydrogen) atoms. The highest BCUT2D eigenvalue weighted by molar-refractivity contribution is 5.73.